The van der Waals surface area contributed by atoms with Crippen LogP contribution in [-0.4, -0.2) is 20.2 Å². The fourth-order valence-corrected chi connectivity index (χ4v) is 2.01. The minimum atomic E-state index is 0.333. The van der Waals surface area contributed by atoms with Gasteiger partial charge in [-0.1, -0.05) is 17.7 Å². The maximum atomic E-state index is 5.60. The van der Waals surface area contributed by atoms with Gasteiger partial charge in [0.2, 0.25) is 0 Å². The Balaban J connectivity index is 2.64. The Morgan fingerprint density at radius 3 is 2.38 bits per heavy atom. The average Bonchev–Trinajstić information content (AvgIpc) is 2.64. The van der Waals surface area contributed by atoms with Gasteiger partial charge in [0, 0.05) is 0 Å². The molecule has 0 atom stereocenters. The van der Waals surface area contributed by atoms with Gasteiger partial charge in [-0.05, 0) is 42.3 Å². The molecule has 0 aliphatic carbocycles. The van der Waals surface area contributed by atoms with Crippen molar-refractivity contribution in [3.8, 4) is 5.69 Å². The number of rotatable bonds is 2. The lowest BCUT2D eigenvalue weighted by atomic mass is 10.1. The molecule has 0 unspecified atom stereocenters. The summed E-state index contributed by atoms with van der Waals surface area (Å²) in [6.45, 7) is 6.52. The van der Waals surface area contributed by atoms with Crippen LogP contribution in [0.25, 0.3) is 5.69 Å². The van der Waals surface area contributed by atoms with E-state index in [1.807, 2.05) is 0 Å². The molecule has 0 aliphatic heterocycles. The highest BCUT2D eigenvalue weighted by atomic mass is 15.5. The monoisotopic (exact) mass is 217 g/mol. The van der Waals surface area contributed by atoms with Gasteiger partial charge >= 0.3 is 0 Å². The van der Waals surface area contributed by atoms with Crippen LogP contribution in [0.3, 0.4) is 0 Å². The van der Waals surface area contributed by atoms with Gasteiger partial charge in [0.05, 0.1) is 12.2 Å². The summed E-state index contributed by atoms with van der Waals surface area (Å²) in [6.07, 6.45) is 0. The predicted molar refractivity (Wildman–Crippen MR) is 61.3 cm³/mol. The van der Waals surface area contributed by atoms with Crippen molar-refractivity contribution in [1.29, 1.82) is 0 Å². The van der Waals surface area contributed by atoms with Crippen LogP contribution in [-0.2, 0) is 6.54 Å². The third-order valence-corrected chi connectivity index (χ3v) is 2.56. The number of nitrogens with zero attached hydrogens (tertiary/aromatic N) is 4. The standard InChI is InChI=1S/C11H15N5/c1-7-4-8(2)11(9(3)5-7)16-10(6-12)13-14-15-16/h4-5H,6,12H2,1-3H3. The van der Waals surface area contributed by atoms with Gasteiger partial charge < -0.3 is 5.73 Å². The maximum absolute atomic E-state index is 5.60. The third kappa shape index (κ3) is 1.69. The van der Waals surface area contributed by atoms with Crippen LogP contribution in [0.1, 0.15) is 22.5 Å². The molecule has 2 rings (SSSR count). The molecule has 0 fully saturated rings. The van der Waals surface area contributed by atoms with E-state index >= 15 is 0 Å². The molecule has 0 aliphatic rings. The smallest absolute Gasteiger partial charge is 0.170 e. The summed E-state index contributed by atoms with van der Waals surface area (Å²) in [4.78, 5) is 0. The van der Waals surface area contributed by atoms with Crippen molar-refractivity contribution in [1.82, 2.24) is 20.2 Å². The highest BCUT2D eigenvalue weighted by Crippen LogP contribution is 2.20. The molecule has 0 spiro atoms. The van der Waals surface area contributed by atoms with E-state index in [2.05, 4.69) is 48.4 Å². The van der Waals surface area contributed by atoms with Crippen molar-refractivity contribution in [3.63, 3.8) is 0 Å². The molecule has 0 amide bonds. The number of aromatic nitrogens is 4. The summed E-state index contributed by atoms with van der Waals surface area (Å²) >= 11 is 0. The lowest BCUT2D eigenvalue weighted by Crippen LogP contribution is -2.10. The lowest BCUT2D eigenvalue weighted by molar-refractivity contribution is 0.753. The number of benzene rings is 1. The SMILES string of the molecule is Cc1cc(C)c(-n2nnnc2CN)c(C)c1. The van der Waals surface area contributed by atoms with E-state index in [0.29, 0.717) is 12.4 Å². The predicted octanol–water partition coefficient (Wildman–Crippen LogP) is 1.05. The van der Waals surface area contributed by atoms with E-state index in [9.17, 15) is 0 Å². The van der Waals surface area contributed by atoms with Gasteiger partial charge in [-0.25, -0.2) is 0 Å². The second-order valence-electron chi connectivity index (χ2n) is 3.96. The van der Waals surface area contributed by atoms with Gasteiger partial charge in [0.25, 0.3) is 0 Å². The van der Waals surface area contributed by atoms with Gasteiger partial charge in [-0.2, -0.15) is 4.68 Å². The van der Waals surface area contributed by atoms with E-state index < -0.39 is 0 Å². The van der Waals surface area contributed by atoms with Crippen LogP contribution >= 0.6 is 0 Å². The van der Waals surface area contributed by atoms with Gasteiger partial charge in [0.1, 0.15) is 0 Å². The second kappa shape index (κ2) is 4.02. The minimum Gasteiger partial charge on any atom is -0.324 e. The summed E-state index contributed by atoms with van der Waals surface area (Å²) in [5.41, 5.74) is 10.2. The summed E-state index contributed by atoms with van der Waals surface area (Å²) in [5, 5.41) is 11.5. The number of nitrogens with two attached hydrogens (primary N) is 1. The first kappa shape index (κ1) is 10.8. The summed E-state index contributed by atoms with van der Waals surface area (Å²) in [7, 11) is 0. The number of aryl methyl sites for hydroxylation is 3. The summed E-state index contributed by atoms with van der Waals surface area (Å²) < 4.78 is 1.71. The Morgan fingerprint density at radius 1 is 1.19 bits per heavy atom. The molecule has 1 aromatic heterocycles. The van der Waals surface area contributed by atoms with Crippen LogP contribution in [0, 0.1) is 20.8 Å². The molecule has 0 saturated carbocycles. The molecule has 1 heterocycles. The average molecular weight is 217 g/mol. The van der Waals surface area contributed by atoms with Crippen molar-refractivity contribution in [2.45, 2.75) is 27.3 Å². The topological polar surface area (TPSA) is 69.6 Å². The minimum absolute atomic E-state index is 0.333. The zero-order chi connectivity index (χ0) is 11.7. The van der Waals surface area contributed by atoms with Crippen LogP contribution in [0.2, 0.25) is 0 Å². The van der Waals surface area contributed by atoms with Crippen molar-refractivity contribution in [2.75, 3.05) is 0 Å². The highest BCUT2D eigenvalue weighted by molar-refractivity contribution is 5.48. The Kier molecular flexibility index (Phi) is 2.70. The van der Waals surface area contributed by atoms with Crippen molar-refractivity contribution >= 4 is 0 Å². The highest BCUT2D eigenvalue weighted by Gasteiger charge is 2.11. The van der Waals surface area contributed by atoms with Crippen LogP contribution in [0.4, 0.5) is 0 Å². The quantitative estimate of drug-likeness (QED) is 0.816. The molecule has 2 N–H and O–H groups in total. The van der Waals surface area contributed by atoms with E-state index in [1.165, 1.54) is 5.56 Å². The molecule has 1 aromatic carbocycles. The van der Waals surface area contributed by atoms with Crippen LogP contribution in [0.5, 0.6) is 0 Å². The summed E-state index contributed by atoms with van der Waals surface area (Å²) in [6, 6.07) is 4.23. The molecule has 0 saturated heterocycles. The molecular weight excluding hydrogens is 202 g/mol. The molecule has 2 aromatic rings. The van der Waals surface area contributed by atoms with Crippen LogP contribution in [0.15, 0.2) is 12.1 Å². The number of hydrogen-bond donors (Lipinski definition) is 1. The normalized spacial score (nSPS) is 10.8. The molecule has 0 bridgehead atoms. The Hall–Kier alpha value is -1.75. The first-order valence-corrected chi connectivity index (χ1v) is 5.19. The Labute approximate surface area is 94.3 Å². The summed E-state index contributed by atoms with van der Waals surface area (Å²) in [5.74, 6) is 0.676. The fourth-order valence-electron chi connectivity index (χ4n) is 2.01. The molecule has 84 valence electrons. The van der Waals surface area contributed by atoms with Gasteiger partial charge in [-0.15, -0.1) is 5.10 Å². The van der Waals surface area contributed by atoms with E-state index in [1.54, 1.807) is 4.68 Å². The fraction of sp³-hybridized carbons (Fsp3) is 0.364. The largest absolute Gasteiger partial charge is 0.324 e. The maximum Gasteiger partial charge on any atom is 0.170 e. The van der Waals surface area contributed by atoms with Crippen LogP contribution < -0.4 is 5.73 Å². The van der Waals surface area contributed by atoms with E-state index in [0.717, 1.165) is 16.8 Å². The molecule has 0 radical (unpaired) electrons. The second-order valence-corrected chi connectivity index (χ2v) is 3.96. The Bertz CT molecular complexity index is 492. The molecule has 5 heteroatoms. The van der Waals surface area contributed by atoms with Crippen molar-refractivity contribution in [2.24, 2.45) is 5.73 Å². The molecule has 5 nitrogen and oxygen atoms in total. The van der Waals surface area contributed by atoms with E-state index in [-0.39, 0.29) is 0 Å². The van der Waals surface area contributed by atoms with Crippen molar-refractivity contribution in [3.05, 3.63) is 34.6 Å². The zero-order valence-corrected chi connectivity index (χ0v) is 9.73. The third-order valence-electron chi connectivity index (χ3n) is 2.56. The first-order chi connectivity index (χ1) is 7.63. The Morgan fingerprint density at radius 2 is 1.81 bits per heavy atom. The van der Waals surface area contributed by atoms with Crippen molar-refractivity contribution < 1.29 is 0 Å². The molecule has 16 heavy (non-hydrogen) atoms. The number of tetrazole rings is 1. The zero-order valence-electron chi connectivity index (χ0n) is 9.73. The van der Waals surface area contributed by atoms with E-state index in [4.69, 9.17) is 5.73 Å². The molecular formula is C11H15N5. The van der Waals surface area contributed by atoms with Gasteiger partial charge in [0.15, 0.2) is 5.82 Å². The first-order valence-electron chi connectivity index (χ1n) is 5.19. The lowest BCUT2D eigenvalue weighted by Gasteiger charge is -2.11. The van der Waals surface area contributed by atoms with Gasteiger partial charge in [-0.3, -0.25) is 0 Å². The number of hydrogen-bond acceptors (Lipinski definition) is 4.